The molecule has 0 saturated heterocycles. The van der Waals surface area contributed by atoms with Crippen LogP contribution >= 0.6 is 0 Å². The molecule has 0 bridgehead atoms. The first kappa shape index (κ1) is 19.8. The zero-order valence-electron chi connectivity index (χ0n) is 17.0. The number of rotatable bonds is 8. The quantitative estimate of drug-likeness (QED) is 0.447. The number of hydrogen-bond acceptors (Lipinski definition) is 6. The average molecular weight is 402 g/mol. The van der Waals surface area contributed by atoms with Crippen LogP contribution in [0.1, 0.15) is 26.7 Å². The lowest BCUT2D eigenvalue weighted by Gasteiger charge is -2.04. The Balaban J connectivity index is 1.75. The van der Waals surface area contributed by atoms with Crippen LogP contribution in [0.2, 0.25) is 0 Å². The number of ether oxygens (including phenoxy) is 2. The van der Waals surface area contributed by atoms with Crippen LogP contribution in [0.4, 0.5) is 0 Å². The number of hydrogen-bond donors (Lipinski definition) is 0. The van der Waals surface area contributed by atoms with Crippen LogP contribution in [0.5, 0.6) is 11.5 Å². The monoisotopic (exact) mass is 402 g/mol. The lowest BCUT2D eigenvalue weighted by molar-refractivity contribution is 0.317. The minimum absolute atomic E-state index is 0.267. The first-order chi connectivity index (χ1) is 14.6. The summed E-state index contributed by atoms with van der Waals surface area (Å²) in [7, 11) is 0. The van der Waals surface area contributed by atoms with Crippen molar-refractivity contribution in [3.8, 4) is 34.0 Å². The highest BCUT2D eigenvalue weighted by molar-refractivity contribution is 5.67. The van der Waals surface area contributed by atoms with Gasteiger partial charge >= 0.3 is 0 Å². The van der Waals surface area contributed by atoms with Gasteiger partial charge in [-0.05, 0) is 61.4 Å². The molecule has 0 spiro atoms. The van der Waals surface area contributed by atoms with Gasteiger partial charge in [0.25, 0.3) is 11.1 Å². The molecule has 6 nitrogen and oxygen atoms in total. The molecule has 2 aliphatic rings. The smallest absolute Gasteiger partial charge is 0.280 e. The highest BCUT2D eigenvalue weighted by Crippen LogP contribution is 2.25. The van der Waals surface area contributed by atoms with E-state index in [9.17, 15) is 9.59 Å². The van der Waals surface area contributed by atoms with E-state index in [1.165, 1.54) is 0 Å². The molecular formula is C24H22N2O4. The third kappa shape index (κ3) is 3.68. The summed E-state index contributed by atoms with van der Waals surface area (Å²) in [5.74, 6) is 1.47. The topological polar surface area (TPSA) is 78.4 Å². The molecule has 0 aliphatic carbocycles. The molecule has 4 rings (SSSR count). The minimum Gasteiger partial charge on any atom is -0.494 e. The maximum atomic E-state index is 12.7. The van der Waals surface area contributed by atoms with Crippen LogP contribution in [-0.4, -0.2) is 23.2 Å². The minimum atomic E-state index is -0.442. The molecule has 2 heterocycles. The van der Waals surface area contributed by atoms with Crippen molar-refractivity contribution in [1.29, 1.82) is 0 Å². The highest BCUT2D eigenvalue weighted by Gasteiger charge is 2.19. The summed E-state index contributed by atoms with van der Waals surface area (Å²) in [5.41, 5.74) is 1.22. The Morgan fingerprint density at radius 1 is 0.633 bits per heavy atom. The normalized spacial score (nSPS) is 11.1. The SMILES string of the molecule is CCCOc1ccc(-c2nc(=O)c3c(-c4ccc(OCCC)cc4)nc(=O)c2=3)cc1. The summed E-state index contributed by atoms with van der Waals surface area (Å²) in [6.07, 6.45) is 1.83. The Hall–Kier alpha value is -3.54. The molecule has 2 aromatic rings. The van der Waals surface area contributed by atoms with Gasteiger partial charge in [0.1, 0.15) is 11.5 Å². The number of benzene rings is 2. The van der Waals surface area contributed by atoms with Crippen molar-refractivity contribution in [1.82, 2.24) is 9.97 Å². The first-order valence-corrected chi connectivity index (χ1v) is 10.1. The van der Waals surface area contributed by atoms with E-state index >= 15 is 0 Å². The van der Waals surface area contributed by atoms with E-state index in [0.717, 1.165) is 24.3 Å². The van der Waals surface area contributed by atoms with E-state index < -0.39 is 11.1 Å². The second-order valence-electron chi connectivity index (χ2n) is 7.03. The standard InChI is InChI=1S/C24H22N2O4/c1-3-13-29-17-9-5-15(6-10-17)21-19-20(24(28)25-21)22(26-23(19)27)16-7-11-18(12-8-16)30-14-4-2/h5-12H,3-4,13-14H2,1-2H3. The molecule has 0 atom stereocenters. The molecule has 2 aliphatic heterocycles. The molecule has 0 radical (unpaired) electrons. The number of nitrogens with zero attached hydrogens (tertiary/aromatic N) is 2. The van der Waals surface area contributed by atoms with Crippen LogP contribution in [0.3, 0.4) is 0 Å². The van der Waals surface area contributed by atoms with Crippen LogP contribution in [0.15, 0.2) is 58.1 Å². The largest absolute Gasteiger partial charge is 0.494 e. The Kier molecular flexibility index (Phi) is 5.57. The van der Waals surface area contributed by atoms with E-state index in [-0.39, 0.29) is 10.4 Å². The van der Waals surface area contributed by atoms with Crippen molar-refractivity contribution in [3.05, 3.63) is 79.7 Å². The fourth-order valence-electron chi connectivity index (χ4n) is 3.36. The highest BCUT2D eigenvalue weighted by atomic mass is 16.5. The van der Waals surface area contributed by atoms with Gasteiger partial charge in [-0.25, -0.2) is 9.97 Å². The van der Waals surface area contributed by atoms with Gasteiger partial charge in [-0.3, -0.25) is 9.59 Å². The molecule has 152 valence electrons. The van der Waals surface area contributed by atoms with Gasteiger partial charge in [0.2, 0.25) is 0 Å². The van der Waals surface area contributed by atoms with E-state index in [1.807, 2.05) is 38.1 Å². The summed E-state index contributed by atoms with van der Waals surface area (Å²) in [6, 6.07) is 14.5. The molecule has 0 saturated carbocycles. The fraction of sp³-hybridized carbons (Fsp3) is 0.250. The Morgan fingerprint density at radius 2 is 1.00 bits per heavy atom. The van der Waals surface area contributed by atoms with Crippen molar-refractivity contribution in [2.45, 2.75) is 26.7 Å². The molecule has 0 amide bonds. The summed E-state index contributed by atoms with van der Waals surface area (Å²) in [6.45, 7) is 5.34. The van der Waals surface area contributed by atoms with E-state index in [4.69, 9.17) is 9.47 Å². The molecule has 0 N–H and O–H groups in total. The van der Waals surface area contributed by atoms with Crippen molar-refractivity contribution in [3.63, 3.8) is 0 Å². The van der Waals surface area contributed by atoms with Gasteiger partial charge in [0, 0.05) is 11.1 Å². The van der Waals surface area contributed by atoms with E-state index in [1.54, 1.807) is 24.3 Å². The average Bonchev–Trinajstić information content (AvgIpc) is 3.30. The van der Waals surface area contributed by atoms with Crippen molar-refractivity contribution in [2.75, 3.05) is 13.2 Å². The van der Waals surface area contributed by atoms with Crippen molar-refractivity contribution >= 4 is 0 Å². The van der Waals surface area contributed by atoms with Gasteiger partial charge in [0.15, 0.2) is 0 Å². The van der Waals surface area contributed by atoms with Crippen LogP contribution < -0.4 is 20.6 Å². The summed E-state index contributed by atoms with van der Waals surface area (Å²) in [5, 5.41) is 0.534. The molecular weight excluding hydrogens is 380 g/mol. The molecule has 0 fully saturated rings. The zero-order valence-corrected chi connectivity index (χ0v) is 17.0. The lowest BCUT2D eigenvalue weighted by Crippen LogP contribution is -2.04. The molecule has 2 aromatic carbocycles. The zero-order chi connectivity index (χ0) is 21.1. The summed E-state index contributed by atoms with van der Waals surface area (Å²) < 4.78 is 11.2. The van der Waals surface area contributed by atoms with Gasteiger partial charge < -0.3 is 9.47 Å². The van der Waals surface area contributed by atoms with Crippen LogP contribution in [0, 0.1) is 10.4 Å². The third-order valence-electron chi connectivity index (χ3n) is 4.78. The maximum Gasteiger partial charge on any atom is 0.280 e. The predicted molar refractivity (Wildman–Crippen MR) is 115 cm³/mol. The Labute approximate surface area is 173 Å². The number of aromatic nitrogens is 2. The second kappa shape index (κ2) is 8.45. The van der Waals surface area contributed by atoms with Crippen molar-refractivity contribution in [2.24, 2.45) is 0 Å². The second-order valence-corrected chi connectivity index (χ2v) is 7.03. The molecule has 0 aromatic heterocycles. The third-order valence-corrected chi connectivity index (χ3v) is 4.78. The van der Waals surface area contributed by atoms with Gasteiger partial charge in [-0.1, -0.05) is 13.8 Å². The molecule has 6 heteroatoms. The molecule has 30 heavy (non-hydrogen) atoms. The van der Waals surface area contributed by atoms with Gasteiger partial charge in [-0.2, -0.15) is 0 Å². The van der Waals surface area contributed by atoms with E-state index in [2.05, 4.69) is 9.97 Å². The first-order valence-electron chi connectivity index (χ1n) is 10.1. The Morgan fingerprint density at radius 3 is 1.33 bits per heavy atom. The van der Waals surface area contributed by atoms with Crippen LogP contribution in [0.25, 0.3) is 22.5 Å². The summed E-state index contributed by atoms with van der Waals surface area (Å²) in [4.78, 5) is 33.6. The van der Waals surface area contributed by atoms with E-state index in [0.29, 0.717) is 35.7 Å². The van der Waals surface area contributed by atoms with Crippen molar-refractivity contribution < 1.29 is 9.47 Å². The lowest BCUT2D eigenvalue weighted by atomic mass is 10.1. The Bertz CT molecular complexity index is 1190. The van der Waals surface area contributed by atoms with Crippen LogP contribution in [-0.2, 0) is 0 Å². The fourth-order valence-corrected chi connectivity index (χ4v) is 3.36. The molecule has 0 unspecified atom stereocenters. The van der Waals surface area contributed by atoms with Gasteiger partial charge in [0.05, 0.1) is 35.0 Å². The summed E-state index contributed by atoms with van der Waals surface area (Å²) >= 11 is 0. The van der Waals surface area contributed by atoms with Gasteiger partial charge in [-0.15, -0.1) is 0 Å². The maximum absolute atomic E-state index is 12.7. The predicted octanol–water partition coefficient (Wildman–Crippen LogP) is 3.71.